The minimum absolute atomic E-state index is 0.199. The van der Waals surface area contributed by atoms with E-state index in [1.807, 2.05) is 19.9 Å². The van der Waals surface area contributed by atoms with Crippen LogP contribution in [0.1, 0.15) is 38.1 Å². The molecular weight excluding hydrogens is 452 g/mol. The molecule has 0 saturated carbocycles. The first-order valence-corrected chi connectivity index (χ1v) is 11.9. The van der Waals surface area contributed by atoms with Gasteiger partial charge >= 0.3 is 5.97 Å². The third-order valence-electron chi connectivity index (χ3n) is 5.09. The van der Waals surface area contributed by atoms with Gasteiger partial charge in [-0.3, -0.25) is 4.79 Å². The van der Waals surface area contributed by atoms with Crippen molar-refractivity contribution in [2.75, 3.05) is 56.3 Å². The smallest absolute Gasteiger partial charge is 0.338 e. The van der Waals surface area contributed by atoms with E-state index in [1.54, 1.807) is 44.2 Å². The number of carbonyl (C=O) groups is 2. The summed E-state index contributed by atoms with van der Waals surface area (Å²) in [5, 5.41) is 2.86. The lowest BCUT2D eigenvalue weighted by molar-refractivity contribution is -0.118. The van der Waals surface area contributed by atoms with Gasteiger partial charge in [-0.2, -0.15) is 0 Å². The SMILES string of the molecule is CCOc1cc(N2CCOCC2)c(OCC)cc1NC(=O)COc1ccc(C(=O)OC(C)C)cc1. The highest BCUT2D eigenvalue weighted by Gasteiger charge is 2.20. The van der Waals surface area contributed by atoms with Gasteiger partial charge in [-0.15, -0.1) is 0 Å². The number of ether oxygens (including phenoxy) is 5. The molecule has 2 aromatic carbocycles. The molecule has 0 spiro atoms. The van der Waals surface area contributed by atoms with Gasteiger partial charge in [-0.05, 0) is 52.0 Å². The van der Waals surface area contributed by atoms with Crippen molar-refractivity contribution in [3.05, 3.63) is 42.0 Å². The third kappa shape index (κ3) is 7.51. The van der Waals surface area contributed by atoms with E-state index in [-0.39, 0.29) is 18.6 Å². The van der Waals surface area contributed by atoms with E-state index in [0.717, 1.165) is 18.8 Å². The van der Waals surface area contributed by atoms with Crippen molar-refractivity contribution >= 4 is 23.3 Å². The Hall–Kier alpha value is -3.46. The van der Waals surface area contributed by atoms with Gasteiger partial charge in [0.25, 0.3) is 5.91 Å². The van der Waals surface area contributed by atoms with Crippen molar-refractivity contribution in [2.45, 2.75) is 33.8 Å². The zero-order chi connectivity index (χ0) is 25.2. The fourth-order valence-corrected chi connectivity index (χ4v) is 3.55. The molecule has 2 aromatic rings. The molecule has 190 valence electrons. The molecule has 0 bridgehead atoms. The van der Waals surface area contributed by atoms with Crippen molar-refractivity contribution < 1.29 is 33.3 Å². The van der Waals surface area contributed by atoms with Crippen molar-refractivity contribution in [2.24, 2.45) is 0 Å². The summed E-state index contributed by atoms with van der Waals surface area (Å²) in [5.41, 5.74) is 1.83. The van der Waals surface area contributed by atoms with Gasteiger partial charge in [0, 0.05) is 25.2 Å². The predicted molar refractivity (Wildman–Crippen MR) is 133 cm³/mol. The molecule has 0 aliphatic carbocycles. The van der Waals surface area contributed by atoms with E-state index in [4.69, 9.17) is 23.7 Å². The Balaban J connectivity index is 1.68. The second-order valence-corrected chi connectivity index (χ2v) is 8.10. The Kier molecular flexibility index (Phi) is 9.60. The molecular formula is C26H34N2O7. The Morgan fingerprint density at radius 3 is 2.26 bits per heavy atom. The van der Waals surface area contributed by atoms with Crippen molar-refractivity contribution in [1.29, 1.82) is 0 Å². The minimum Gasteiger partial charge on any atom is -0.492 e. The predicted octanol–water partition coefficient (Wildman–Crippen LogP) is 3.90. The number of hydrogen-bond donors (Lipinski definition) is 1. The Morgan fingerprint density at radius 1 is 0.971 bits per heavy atom. The van der Waals surface area contributed by atoms with E-state index in [1.165, 1.54) is 0 Å². The van der Waals surface area contributed by atoms with Crippen LogP contribution in [0.2, 0.25) is 0 Å². The molecule has 0 aromatic heterocycles. The number of nitrogens with one attached hydrogen (secondary N) is 1. The quantitative estimate of drug-likeness (QED) is 0.478. The molecule has 1 aliphatic heterocycles. The van der Waals surface area contributed by atoms with Crippen LogP contribution in [-0.2, 0) is 14.3 Å². The lowest BCUT2D eigenvalue weighted by Crippen LogP contribution is -2.36. The fraction of sp³-hybridized carbons (Fsp3) is 0.462. The van der Waals surface area contributed by atoms with E-state index in [2.05, 4.69) is 10.2 Å². The van der Waals surface area contributed by atoms with Gasteiger partial charge in [0.15, 0.2) is 6.61 Å². The maximum Gasteiger partial charge on any atom is 0.338 e. The number of hydrogen-bond acceptors (Lipinski definition) is 8. The van der Waals surface area contributed by atoms with Crippen LogP contribution >= 0.6 is 0 Å². The summed E-state index contributed by atoms with van der Waals surface area (Å²) >= 11 is 0. The standard InChI is InChI=1S/C26H34N2O7/c1-5-32-23-16-22(28-11-13-31-14-12-28)24(33-6-2)15-21(23)27-25(29)17-34-20-9-7-19(8-10-20)26(30)35-18(3)4/h7-10,15-16,18H,5-6,11-14,17H2,1-4H3,(H,27,29). The molecule has 1 N–H and O–H groups in total. The first-order valence-electron chi connectivity index (χ1n) is 11.9. The molecule has 1 amide bonds. The fourth-order valence-electron chi connectivity index (χ4n) is 3.55. The zero-order valence-corrected chi connectivity index (χ0v) is 20.8. The van der Waals surface area contributed by atoms with Crippen LogP contribution in [-0.4, -0.2) is 64.1 Å². The summed E-state index contributed by atoms with van der Waals surface area (Å²) in [5.74, 6) is 0.926. The maximum atomic E-state index is 12.7. The number of esters is 1. The second-order valence-electron chi connectivity index (χ2n) is 8.10. The van der Waals surface area contributed by atoms with E-state index in [9.17, 15) is 9.59 Å². The highest BCUT2D eigenvalue weighted by atomic mass is 16.5. The van der Waals surface area contributed by atoms with Gasteiger partial charge in [0.05, 0.1) is 49.5 Å². The van der Waals surface area contributed by atoms with Crippen LogP contribution in [0.15, 0.2) is 36.4 Å². The Bertz CT molecular complexity index is 986. The van der Waals surface area contributed by atoms with Crippen LogP contribution in [0.5, 0.6) is 17.2 Å². The molecule has 0 unspecified atom stereocenters. The number of morpholine rings is 1. The normalized spacial score (nSPS) is 13.3. The monoisotopic (exact) mass is 486 g/mol. The number of anilines is 2. The van der Waals surface area contributed by atoms with E-state index >= 15 is 0 Å². The van der Waals surface area contributed by atoms with Gasteiger partial charge in [0.2, 0.25) is 0 Å². The van der Waals surface area contributed by atoms with Gasteiger partial charge in [0.1, 0.15) is 17.2 Å². The average Bonchev–Trinajstić information content (AvgIpc) is 2.85. The number of amides is 1. The highest BCUT2D eigenvalue weighted by Crippen LogP contribution is 2.39. The van der Waals surface area contributed by atoms with Crippen LogP contribution in [0.4, 0.5) is 11.4 Å². The number of benzene rings is 2. The van der Waals surface area contributed by atoms with E-state index < -0.39 is 5.97 Å². The van der Waals surface area contributed by atoms with Gasteiger partial charge in [-0.1, -0.05) is 0 Å². The second kappa shape index (κ2) is 12.9. The topological polar surface area (TPSA) is 95.6 Å². The molecule has 1 fully saturated rings. The summed E-state index contributed by atoms with van der Waals surface area (Å²) in [6, 6.07) is 10.1. The largest absolute Gasteiger partial charge is 0.492 e. The van der Waals surface area contributed by atoms with E-state index in [0.29, 0.717) is 54.9 Å². The summed E-state index contributed by atoms with van der Waals surface area (Å²) in [7, 11) is 0. The summed E-state index contributed by atoms with van der Waals surface area (Å²) in [6.07, 6.45) is -0.199. The number of carbonyl (C=O) groups excluding carboxylic acids is 2. The molecule has 0 atom stereocenters. The number of nitrogens with zero attached hydrogens (tertiary/aromatic N) is 1. The summed E-state index contributed by atoms with van der Waals surface area (Å²) in [6.45, 7) is 10.9. The van der Waals surface area contributed by atoms with Crippen LogP contribution in [0.3, 0.4) is 0 Å². The first kappa shape index (κ1) is 26.2. The van der Waals surface area contributed by atoms with Crippen molar-refractivity contribution in [3.63, 3.8) is 0 Å². The summed E-state index contributed by atoms with van der Waals surface area (Å²) in [4.78, 5) is 26.8. The van der Waals surface area contributed by atoms with Crippen LogP contribution in [0.25, 0.3) is 0 Å². The number of rotatable bonds is 11. The van der Waals surface area contributed by atoms with Gasteiger partial charge in [-0.25, -0.2) is 4.79 Å². The molecule has 0 radical (unpaired) electrons. The molecule has 1 saturated heterocycles. The Labute approximate surface area is 206 Å². The summed E-state index contributed by atoms with van der Waals surface area (Å²) < 4.78 is 27.9. The lowest BCUT2D eigenvalue weighted by atomic mass is 10.2. The average molecular weight is 487 g/mol. The molecule has 9 nitrogen and oxygen atoms in total. The van der Waals surface area contributed by atoms with Gasteiger partial charge < -0.3 is 33.9 Å². The van der Waals surface area contributed by atoms with Crippen molar-refractivity contribution in [3.8, 4) is 17.2 Å². The molecule has 35 heavy (non-hydrogen) atoms. The lowest BCUT2D eigenvalue weighted by Gasteiger charge is -2.31. The minimum atomic E-state index is -0.404. The zero-order valence-electron chi connectivity index (χ0n) is 20.8. The van der Waals surface area contributed by atoms with Crippen LogP contribution < -0.4 is 24.4 Å². The molecule has 3 rings (SSSR count). The first-order chi connectivity index (χ1) is 16.9. The molecule has 9 heteroatoms. The molecule has 1 heterocycles. The van der Waals surface area contributed by atoms with Crippen molar-refractivity contribution in [1.82, 2.24) is 0 Å². The molecule has 1 aliphatic rings. The van der Waals surface area contributed by atoms with Crippen LogP contribution in [0, 0.1) is 0 Å². The highest BCUT2D eigenvalue weighted by molar-refractivity contribution is 5.94. The maximum absolute atomic E-state index is 12.7. The third-order valence-corrected chi connectivity index (χ3v) is 5.09. The Morgan fingerprint density at radius 2 is 1.63 bits per heavy atom.